The van der Waals surface area contributed by atoms with Crippen molar-refractivity contribution in [3.8, 4) is 28.0 Å². The van der Waals surface area contributed by atoms with Crippen LogP contribution in [0.15, 0.2) is 134 Å². The molecule has 1 unspecified atom stereocenters. The van der Waals surface area contributed by atoms with E-state index in [1.165, 1.54) is 55.6 Å². The van der Waals surface area contributed by atoms with E-state index in [2.05, 4.69) is 152 Å². The number of benzene rings is 4. The van der Waals surface area contributed by atoms with E-state index in [-0.39, 0.29) is 6.04 Å². The van der Waals surface area contributed by atoms with E-state index in [0.717, 1.165) is 41.6 Å². The van der Waals surface area contributed by atoms with Gasteiger partial charge in [0.2, 0.25) is 0 Å². The summed E-state index contributed by atoms with van der Waals surface area (Å²) in [5.74, 6) is 0.909. The molecule has 232 valence electrons. The average Bonchev–Trinajstić information content (AvgIpc) is 3.76. The number of hydrogen-bond donors (Lipinski definition) is 0. The van der Waals surface area contributed by atoms with Crippen LogP contribution in [0.5, 0.6) is 5.75 Å². The smallest absolute Gasteiger partial charge is 0.122 e. The van der Waals surface area contributed by atoms with Crippen LogP contribution in [0.4, 0.5) is 0 Å². The Hall–Kier alpha value is -5.41. The van der Waals surface area contributed by atoms with Crippen LogP contribution in [-0.4, -0.2) is 16.7 Å². The number of pyridine rings is 1. The highest BCUT2D eigenvalue weighted by atomic mass is 16.5. The molecule has 2 heterocycles. The number of allylic oxidation sites excluding steroid dienone is 6. The van der Waals surface area contributed by atoms with Crippen LogP contribution in [0.2, 0.25) is 0 Å². The van der Waals surface area contributed by atoms with Gasteiger partial charge in [-0.2, -0.15) is 0 Å². The Morgan fingerprint density at radius 3 is 2.47 bits per heavy atom. The van der Waals surface area contributed by atoms with Gasteiger partial charge in [0.05, 0.1) is 18.3 Å². The summed E-state index contributed by atoms with van der Waals surface area (Å²) in [5, 5.41) is 2.44. The van der Waals surface area contributed by atoms with Crippen molar-refractivity contribution in [2.75, 3.05) is 7.11 Å². The van der Waals surface area contributed by atoms with Crippen molar-refractivity contribution in [1.29, 1.82) is 0 Å². The number of hydrogen-bond acceptors (Lipinski definition) is 2. The van der Waals surface area contributed by atoms with Gasteiger partial charge in [0.25, 0.3) is 0 Å². The lowest BCUT2D eigenvalue weighted by Crippen LogP contribution is -2.14. The molecular formula is C44H40N2O. The van der Waals surface area contributed by atoms with Crippen molar-refractivity contribution < 1.29 is 4.74 Å². The zero-order valence-corrected chi connectivity index (χ0v) is 27.4. The normalized spacial score (nSPS) is 13.5. The summed E-state index contributed by atoms with van der Waals surface area (Å²) in [4.78, 5) is 5.09. The molecule has 0 saturated heterocycles. The van der Waals surface area contributed by atoms with E-state index in [9.17, 15) is 0 Å². The van der Waals surface area contributed by atoms with E-state index in [0.29, 0.717) is 0 Å². The Morgan fingerprint density at radius 1 is 0.915 bits per heavy atom. The number of methoxy groups -OCH3 is 1. The molecule has 3 heteroatoms. The molecule has 0 N–H and O–H groups in total. The number of aromatic nitrogens is 2. The number of nitrogens with zero attached hydrogens (tertiary/aromatic N) is 2. The van der Waals surface area contributed by atoms with Crippen molar-refractivity contribution in [1.82, 2.24) is 9.55 Å². The minimum absolute atomic E-state index is 0.172. The molecule has 0 spiro atoms. The highest BCUT2D eigenvalue weighted by molar-refractivity contribution is 6.01. The number of rotatable bonds is 10. The zero-order chi connectivity index (χ0) is 32.3. The first-order valence-corrected chi connectivity index (χ1v) is 16.5. The van der Waals surface area contributed by atoms with Gasteiger partial charge < -0.3 is 9.30 Å². The summed E-state index contributed by atoms with van der Waals surface area (Å²) in [6.45, 7) is 8.54. The van der Waals surface area contributed by atoms with Gasteiger partial charge in [0.1, 0.15) is 5.75 Å². The van der Waals surface area contributed by atoms with Gasteiger partial charge in [-0.05, 0) is 89.9 Å². The molecule has 6 aromatic rings. The monoisotopic (exact) mass is 612 g/mol. The third kappa shape index (κ3) is 5.53. The van der Waals surface area contributed by atoms with Gasteiger partial charge in [-0.1, -0.05) is 117 Å². The zero-order valence-electron chi connectivity index (χ0n) is 27.4. The largest absolute Gasteiger partial charge is 0.496 e. The molecule has 0 radical (unpaired) electrons. The third-order valence-corrected chi connectivity index (χ3v) is 9.53. The quantitative estimate of drug-likeness (QED) is 0.144. The molecule has 4 aromatic carbocycles. The second kappa shape index (κ2) is 13.1. The van der Waals surface area contributed by atoms with Crippen LogP contribution in [0.1, 0.15) is 48.3 Å². The standard InChI is InChI=1S/C44H40N2O/c1-5-7-25-41-30(3)44-34(31-17-9-8-10-18-31)22-15-26-42(44)46(41)33(6-2)28-38-35(23-16-27-43(38)47-4)37-29-40(32-19-11-12-20-32)45-39-24-14-13-21-36(37)39/h5,7-19,21-27,29,33H,1,6,20,28H2,2-4H3/b25-7-. The first-order chi connectivity index (χ1) is 23.1. The molecule has 1 aliphatic rings. The Labute approximate surface area is 277 Å². The van der Waals surface area contributed by atoms with Gasteiger partial charge in [0, 0.05) is 33.6 Å². The molecule has 0 saturated carbocycles. The topological polar surface area (TPSA) is 27.1 Å². The molecule has 0 amide bonds. The van der Waals surface area contributed by atoms with Crippen LogP contribution in [0, 0.1) is 6.92 Å². The van der Waals surface area contributed by atoms with Crippen LogP contribution >= 0.6 is 0 Å². The lowest BCUT2D eigenvalue weighted by molar-refractivity contribution is 0.402. The number of para-hydroxylation sites is 1. The van der Waals surface area contributed by atoms with E-state index in [1.54, 1.807) is 7.11 Å². The van der Waals surface area contributed by atoms with Gasteiger partial charge >= 0.3 is 0 Å². The molecule has 47 heavy (non-hydrogen) atoms. The highest BCUT2D eigenvalue weighted by Crippen LogP contribution is 2.42. The number of ether oxygens (including phenoxy) is 1. The fourth-order valence-corrected chi connectivity index (χ4v) is 7.26. The average molecular weight is 613 g/mol. The van der Waals surface area contributed by atoms with Gasteiger partial charge in [-0.3, -0.25) is 0 Å². The van der Waals surface area contributed by atoms with Crippen molar-refractivity contribution >= 4 is 33.5 Å². The fourth-order valence-electron chi connectivity index (χ4n) is 7.26. The fraction of sp³-hybridized carbons (Fsp3) is 0.159. The first kappa shape index (κ1) is 30.3. The lowest BCUT2D eigenvalue weighted by atomic mass is 9.90. The second-order valence-corrected chi connectivity index (χ2v) is 12.2. The van der Waals surface area contributed by atoms with Crippen LogP contribution < -0.4 is 4.74 Å². The van der Waals surface area contributed by atoms with Gasteiger partial charge in [0.15, 0.2) is 0 Å². The van der Waals surface area contributed by atoms with Crippen LogP contribution in [0.3, 0.4) is 0 Å². The predicted molar refractivity (Wildman–Crippen MR) is 200 cm³/mol. The maximum absolute atomic E-state index is 6.12. The summed E-state index contributed by atoms with van der Waals surface area (Å²) in [5.41, 5.74) is 13.1. The predicted octanol–water partition coefficient (Wildman–Crippen LogP) is 11.6. The van der Waals surface area contributed by atoms with Crippen molar-refractivity contribution in [2.45, 2.75) is 39.2 Å². The Kier molecular flexibility index (Phi) is 8.46. The van der Waals surface area contributed by atoms with Gasteiger partial charge in [-0.25, -0.2) is 4.98 Å². The first-order valence-electron chi connectivity index (χ1n) is 16.5. The summed E-state index contributed by atoms with van der Waals surface area (Å²) in [7, 11) is 1.79. The number of fused-ring (bicyclic) bond motifs is 2. The Bertz CT molecular complexity index is 2200. The molecule has 1 atom stereocenters. The van der Waals surface area contributed by atoms with E-state index in [1.807, 2.05) is 6.08 Å². The summed E-state index contributed by atoms with van der Waals surface area (Å²) >= 11 is 0. The minimum atomic E-state index is 0.172. The number of aryl methyl sites for hydroxylation is 1. The van der Waals surface area contributed by atoms with Crippen molar-refractivity contribution in [3.63, 3.8) is 0 Å². The molecule has 0 aliphatic heterocycles. The second-order valence-electron chi connectivity index (χ2n) is 12.2. The molecular weight excluding hydrogens is 572 g/mol. The summed E-state index contributed by atoms with van der Waals surface area (Å²) < 4.78 is 8.68. The minimum Gasteiger partial charge on any atom is -0.496 e. The Balaban J connectivity index is 1.43. The highest BCUT2D eigenvalue weighted by Gasteiger charge is 2.24. The SMILES string of the molecule is C=C/C=C\c1c(C)c2c(-c3ccccc3)cccc2n1C(CC)Cc1c(OC)cccc1-c1cc(C2=CC=CC2)nc2ccccc12. The van der Waals surface area contributed by atoms with E-state index >= 15 is 0 Å². The molecule has 7 rings (SSSR count). The summed E-state index contributed by atoms with van der Waals surface area (Å²) in [6, 6.07) is 34.8. The third-order valence-electron chi connectivity index (χ3n) is 9.53. The maximum atomic E-state index is 6.12. The Morgan fingerprint density at radius 2 is 1.70 bits per heavy atom. The van der Waals surface area contributed by atoms with Crippen molar-refractivity contribution in [3.05, 3.63) is 157 Å². The van der Waals surface area contributed by atoms with E-state index < -0.39 is 0 Å². The lowest BCUT2D eigenvalue weighted by Gasteiger charge is -2.24. The summed E-state index contributed by atoms with van der Waals surface area (Å²) in [6.07, 6.45) is 15.3. The van der Waals surface area contributed by atoms with Crippen molar-refractivity contribution in [2.24, 2.45) is 0 Å². The van der Waals surface area contributed by atoms with E-state index in [4.69, 9.17) is 9.72 Å². The molecule has 0 bridgehead atoms. The molecule has 1 aliphatic carbocycles. The molecule has 0 fully saturated rings. The van der Waals surface area contributed by atoms with Crippen LogP contribution in [-0.2, 0) is 6.42 Å². The van der Waals surface area contributed by atoms with Gasteiger partial charge in [-0.15, -0.1) is 0 Å². The maximum Gasteiger partial charge on any atom is 0.122 e. The van der Waals surface area contributed by atoms with Crippen LogP contribution in [0.25, 0.3) is 55.7 Å². The molecule has 2 aromatic heterocycles. The molecule has 3 nitrogen and oxygen atoms in total.